The third kappa shape index (κ3) is 3.41. The van der Waals surface area contributed by atoms with E-state index in [4.69, 9.17) is 9.47 Å². The van der Waals surface area contributed by atoms with Crippen molar-refractivity contribution in [2.45, 2.75) is 37.9 Å². The number of nitrogens with zero attached hydrogens (tertiary/aromatic N) is 2. The lowest BCUT2D eigenvalue weighted by atomic mass is 9.88. The van der Waals surface area contributed by atoms with E-state index in [1.165, 1.54) is 11.3 Å². The summed E-state index contributed by atoms with van der Waals surface area (Å²) in [6.45, 7) is 4.07. The van der Waals surface area contributed by atoms with E-state index in [2.05, 4.69) is 4.98 Å². The second-order valence-corrected chi connectivity index (χ2v) is 7.75. The molecule has 4 rings (SSSR count). The highest BCUT2D eigenvalue weighted by Gasteiger charge is 2.44. The van der Waals surface area contributed by atoms with Gasteiger partial charge in [-0.25, -0.2) is 4.98 Å². The van der Waals surface area contributed by atoms with Crippen LogP contribution < -0.4 is 4.74 Å². The van der Waals surface area contributed by atoms with Crippen LogP contribution in [0.15, 0.2) is 35.8 Å². The van der Waals surface area contributed by atoms with Gasteiger partial charge in [0.2, 0.25) is 5.88 Å². The number of hydrogen-bond acceptors (Lipinski definition) is 5. The summed E-state index contributed by atoms with van der Waals surface area (Å²) >= 11 is 1.53. The highest BCUT2D eigenvalue weighted by atomic mass is 32.1. The van der Waals surface area contributed by atoms with Crippen molar-refractivity contribution in [3.8, 4) is 5.88 Å². The Hall–Kier alpha value is -1.92. The first kappa shape index (κ1) is 16.5. The number of pyridine rings is 1. The van der Waals surface area contributed by atoms with E-state index in [9.17, 15) is 4.79 Å². The molecular formula is C19H22N2O3S. The number of amides is 1. The summed E-state index contributed by atoms with van der Waals surface area (Å²) in [4.78, 5) is 19.7. The third-order valence-electron chi connectivity index (χ3n) is 5.12. The maximum atomic E-state index is 12.7. The van der Waals surface area contributed by atoms with Crippen molar-refractivity contribution in [2.24, 2.45) is 0 Å². The predicted octanol–water partition coefficient (Wildman–Crippen LogP) is 3.29. The van der Waals surface area contributed by atoms with Gasteiger partial charge in [0, 0.05) is 31.8 Å². The third-order valence-corrected chi connectivity index (χ3v) is 6.12. The molecule has 6 heteroatoms. The summed E-state index contributed by atoms with van der Waals surface area (Å²) in [6.07, 6.45) is 4.37. The van der Waals surface area contributed by atoms with Gasteiger partial charge in [0.05, 0.1) is 17.1 Å². The first-order valence-corrected chi connectivity index (χ1v) is 9.58. The van der Waals surface area contributed by atoms with Crippen LogP contribution in [0.25, 0.3) is 0 Å². The quantitative estimate of drug-likeness (QED) is 0.845. The zero-order valence-electron chi connectivity index (χ0n) is 14.3. The van der Waals surface area contributed by atoms with Crippen molar-refractivity contribution in [1.29, 1.82) is 0 Å². The van der Waals surface area contributed by atoms with Gasteiger partial charge in [-0.3, -0.25) is 4.79 Å². The van der Waals surface area contributed by atoms with Crippen LogP contribution in [0.1, 0.15) is 34.5 Å². The van der Waals surface area contributed by atoms with Gasteiger partial charge in [0.15, 0.2) is 0 Å². The first-order chi connectivity index (χ1) is 12.2. The van der Waals surface area contributed by atoms with Crippen LogP contribution >= 0.6 is 11.3 Å². The molecule has 0 saturated carbocycles. The number of aromatic nitrogens is 1. The topological polar surface area (TPSA) is 51.7 Å². The van der Waals surface area contributed by atoms with Crippen molar-refractivity contribution < 1.29 is 14.3 Å². The lowest BCUT2D eigenvalue weighted by Crippen LogP contribution is -2.46. The number of piperidine rings is 1. The van der Waals surface area contributed by atoms with Gasteiger partial charge in [0.25, 0.3) is 5.91 Å². The van der Waals surface area contributed by atoms with Crippen molar-refractivity contribution in [2.75, 3.05) is 19.7 Å². The van der Waals surface area contributed by atoms with Gasteiger partial charge in [0.1, 0.15) is 6.10 Å². The molecule has 1 amide bonds. The Morgan fingerprint density at radius 1 is 1.36 bits per heavy atom. The molecule has 2 aromatic heterocycles. The number of ether oxygens (including phenoxy) is 2. The van der Waals surface area contributed by atoms with E-state index in [0.717, 1.165) is 42.8 Å². The standard InChI is InChI=1S/C19H22N2O3S/c1-14-5-11-25-17(14)18(22)21-9-6-19(7-10-21)12-15(13-23-19)24-16-4-2-3-8-20-16/h2-5,8,11,15H,6-7,9-10,12-13H2,1H3/t15-/m0/s1. The van der Waals surface area contributed by atoms with E-state index in [-0.39, 0.29) is 17.6 Å². The molecule has 5 nitrogen and oxygen atoms in total. The molecule has 2 aliphatic rings. The number of aryl methyl sites for hydroxylation is 1. The predicted molar refractivity (Wildman–Crippen MR) is 96.1 cm³/mol. The monoisotopic (exact) mass is 358 g/mol. The zero-order chi connectivity index (χ0) is 17.3. The van der Waals surface area contributed by atoms with Crippen LogP contribution in [-0.2, 0) is 4.74 Å². The summed E-state index contributed by atoms with van der Waals surface area (Å²) in [5, 5.41) is 1.98. The first-order valence-electron chi connectivity index (χ1n) is 8.70. The molecule has 0 aliphatic carbocycles. The van der Waals surface area contributed by atoms with Crippen molar-refractivity contribution in [1.82, 2.24) is 9.88 Å². The summed E-state index contributed by atoms with van der Waals surface area (Å²) in [6, 6.07) is 7.67. The second kappa shape index (κ2) is 6.77. The molecule has 25 heavy (non-hydrogen) atoms. The van der Waals surface area contributed by atoms with Crippen LogP contribution in [0.5, 0.6) is 5.88 Å². The molecule has 2 fully saturated rings. The minimum absolute atomic E-state index is 0.0386. The average molecular weight is 358 g/mol. The number of rotatable bonds is 3. The van der Waals surface area contributed by atoms with Crippen molar-refractivity contribution in [3.63, 3.8) is 0 Å². The zero-order valence-corrected chi connectivity index (χ0v) is 15.1. The lowest BCUT2D eigenvalue weighted by molar-refractivity contribution is -0.0395. The Kier molecular flexibility index (Phi) is 4.48. The molecule has 1 atom stereocenters. The Balaban J connectivity index is 1.34. The summed E-state index contributed by atoms with van der Waals surface area (Å²) in [7, 11) is 0. The van der Waals surface area contributed by atoms with Gasteiger partial charge >= 0.3 is 0 Å². The highest BCUT2D eigenvalue weighted by Crippen LogP contribution is 2.37. The number of thiophene rings is 1. The van der Waals surface area contributed by atoms with E-state index >= 15 is 0 Å². The van der Waals surface area contributed by atoms with Crippen molar-refractivity contribution >= 4 is 17.2 Å². The van der Waals surface area contributed by atoms with Gasteiger partial charge in [-0.15, -0.1) is 11.3 Å². The SMILES string of the molecule is Cc1ccsc1C(=O)N1CCC2(CC1)C[C@H](Oc1ccccn1)CO2. The van der Waals surface area contributed by atoms with E-state index in [0.29, 0.717) is 12.5 Å². The lowest BCUT2D eigenvalue weighted by Gasteiger charge is -2.38. The number of hydrogen-bond donors (Lipinski definition) is 0. The van der Waals surface area contributed by atoms with Crippen LogP contribution in [0.4, 0.5) is 0 Å². The van der Waals surface area contributed by atoms with Gasteiger partial charge < -0.3 is 14.4 Å². The fraction of sp³-hybridized carbons (Fsp3) is 0.474. The molecule has 4 heterocycles. The summed E-state index contributed by atoms with van der Waals surface area (Å²) < 4.78 is 12.1. The van der Waals surface area contributed by atoms with Crippen LogP contribution in [0.3, 0.4) is 0 Å². The molecule has 0 N–H and O–H groups in total. The number of carbonyl (C=O) groups excluding carboxylic acids is 1. The van der Waals surface area contributed by atoms with Crippen molar-refractivity contribution in [3.05, 3.63) is 46.3 Å². The fourth-order valence-corrected chi connectivity index (χ4v) is 4.56. The largest absolute Gasteiger partial charge is 0.472 e. The molecule has 132 valence electrons. The maximum absolute atomic E-state index is 12.7. The molecule has 0 unspecified atom stereocenters. The van der Waals surface area contributed by atoms with E-state index in [1.54, 1.807) is 6.20 Å². The van der Waals surface area contributed by atoms with E-state index in [1.807, 2.05) is 41.5 Å². The van der Waals surface area contributed by atoms with Crippen LogP contribution in [0, 0.1) is 6.92 Å². The molecule has 2 aromatic rings. The molecule has 2 aliphatic heterocycles. The average Bonchev–Trinajstić information content (AvgIpc) is 3.23. The minimum Gasteiger partial charge on any atom is -0.472 e. The molecule has 1 spiro atoms. The summed E-state index contributed by atoms with van der Waals surface area (Å²) in [5.74, 6) is 0.801. The van der Waals surface area contributed by atoms with E-state index < -0.39 is 0 Å². The molecule has 2 saturated heterocycles. The van der Waals surface area contributed by atoms with Gasteiger partial charge in [-0.2, -0.15) is 0 Å². The molecular weight excluding hydrogens is 336 g/mol. The molecule has 0 bridgehead atoms. The minimum atomic E-state index is -0.152. The smallest absolute Gasteiger partial charge is 0.264 e. The Labute approximate surface area is 151 Å². The Morgan fingerprint density at radius 2 is 2.20 bits per heavy atom. The highest BCUT2D eigenvalue weighted by molar-refractivity contribution is 7.12. The number of carbonyl (C=O) groups is 1. The molecule has 0 aromatic carbocycles. The Morgan fingerprint density at radius 3 is 2.88 bits per heavy atom. The normalized spacial score (nSPS) is 22.3. The second-order valence-electron chi connectivity index (χ2n) is 6.83. The van der Waals surface area contributed by atoms with Gasteiger partial charge in [-0.05, 0) is 42.8 Å². The van der Waals surface area contributed by atoms with Gasteiger partial charge in [-0.1, -0.05) is 6.07 Å². The van der Waals surface area contributed by atoms with Crippen LogP contribution in [0.2, 0.25) is 0 Å². The Bertz CT molecular complexity index is 738. The number of likely N-dealkylation sites (tertiary alicyclic amines) is 1. The molecule has 0 radical (unpaired) electrons. The summed E-state index contributed by atoms with van der Waals surface area (Å²) in [5.41, 5.74) is 0.914. The maximum Gasteiger partial charge on any atom is 0.264 e. The fourth-order valence-electron chi connectivity index (χ4n) is 3.67. The van der Waals surface area contributed by atoms with Crippen LogP contribution in [-0.4, -0.2) is 47.2 Å².